The Morgan fingerprint density at radius 2 is 1.91 bits per heavy atom. The van der Waals surface area contributed by atoms with Crippen LogP contribution in [0.4, 0.5) is 5.82 Å². The van der Waals surface area contributed by atoms with Crippen LogP contribution in [0.25, 0.3) is 11.2 Å². The molecule has 1 aliphatic heterocycles. The van der Waals surface area contributed by atoms with Crippen molar-refractivity contribution in [3.8, 4) is 0 Å². The average Bonchev–Trinajstić information content (AvgIpc) is 3.34. The zero-order valence-electron chi connectivity index (χ0n) is 17.4. The number of aliphatic hydroxyl groups is 2. The third-order valence-corrected chi connectivity index (χ3v) is 6.14. The Bertz CT molecular complexity index is 1130. The van der Waals surface area contributed by atoms with Crippen LogP contribution in [-0.2, 0) is 24.8 Å². The number of anilines is 1. The van der Waals surface area contributed by atoms with E-state index in [4.69, 9.17) is 25.3 Å². The number of hydrogen-bond acceptors (Lipinski definition) is 11. The number of aromatic nitrogens is 4. The van der Waals surface area contributed by atoms with E-state index in [1.165, 1.54) is 17.2 Å². The molecule has 33 heavy (non-hydrogen) atoms. The summed E-state index contributed by atoms with van der Waals surface area (Å²) in [7, 11) is -4.48. The fraction of sp³-hybridized carbons (Fsp3) is 0.421. The van der Waals surface area contributed by atoms with Gasteiger partial charge in [-0.3, -0.25) is 13.6 Å². The molecule has 3 aromatic rings. The van der Waals surface area contributed by atoms with Crippen molar-refractivity contribution >= 4 is 24.8 Å². The lowest BCUT2D eigenvalue weighted by Crippen LogP contribution is -2.34. The Morgan fingerprint density at radius 1 is 1.15 bits per heavy atom. The number of phosphoric ester groups is 1. The first-order chi connectivity index (χ1) is 15.7. The molecule has 6 unspecified atom stereocenters. The lowest BCUT2D eigenvalue weighted by Gasteiger charge is -2.19. The second-order valence-corrected chi connectivity index (χ2v) is 9.09. The maximum atomic E-state index is 12.2. The average molecular weight is 480 g/mol. The van der Waals surface area contributed by atoms with Crippen LogP contribution in [0.3, 0.4) is 0 Å². The van der Waals surface area contributed by atoms with Gasteiger partial charge in [0.15, 0.2) is 17.7 Å². The molecule has 0 spiro atoms. The molecule has 0 amide bonds. The predicted molar refractivity (Wildman–Crippen MR) is 116 cm³/mol. The van der Waals surface area contributed by atoms with Crippen molar-refractivity contribution in [1.29, 1.82) is 0 Å². The minimum Gasteiger partial charge on any atom is -0.387 e. The Hall–Kier alpha value is -2.48. The smallest absolute Gasteiger partial charge is 0.387 e. The van der Waals surface area contributed by atoms with Crippen molar-refractivity contribution in [2.24, 2.45) is 5.73 Å². The normalized spacial score (nSPS) is 25.8. The molecule has 178 valence electrons. The number of aliphatic hydroxyl groups excluding tert-OH is 2. The quantitative estimate of drug-likeness (QED) is 0.251. The van der Waals surface area contributed by atoms with Crippen molar-refractivity contribution in [1.82, 2.24) is 19.5 Å². The fourth-order valence-corrected chi connectivity index (χ4v) is 4.31. The molecule has 0 radical (unpaired) electrons. The van der Waals surface area contributed by atoms with E-state index in [0.29, 0.717) is 17.6 Å². The van der Waals surface area contributed by atoms with Gasteiger partial charge >= 0.3 is 7.82 Å². The molecule has 0 bridgehead atoms. The molecule has 1 aliphatic rings. The largest absolute Gasteiger partial charge is 0.472 e. The van der Waals surface area contributed by atoms with Crippen LogP contribution in [0.1, 0.15) is 11.8 Å². The maximum Gasteiger partial charge on any atom is 0.472 e. The summed E-state index contributed by atoms with van der Waals surface area (Å²) in [5.74, 6) is 0.149. The van der Waals surface area contributed by atoms with Crippen molar-refractivity contribution in [3.05, 3.63) is 48.5 Å². The molecule has 7 N–H and O–H groups in total. The molecule has 1 saturated heterocycles. The SMILES string of the molecule is Nc1ncnc2c1ncn2C1OC(COP(=O)(O)OCC(N)Cc2ccccc2)C(O)C1O. The van der Waals surface area contributed by atoms with Crippen LogP contribution < -0.4 is 11.5 Å². The minimum absolute atomic E-state index is 0.149. The van der Waals surface area contributed by atoms with Crippen LogP contribution in [-0.4, -0.2) is 72.2 Å². The first kappa shape index (κ1) is 23.7. The molecule has 0 aliphatic carbocycles. The van der Waals surface area contributed by atoms with Crippen molar-refractivity contribution in [2.45, 2.75) is 37.0 Å². The lowest BCUT2D eigenvalue weighted by atomic mass is 10.1. The number of benzene rings is 1. The third kappa shape index (κ3) is 5.37. The van der Waals surface area contributed by atoms with E-state index in [2.05, 4.69) is 15.0 Å². The number of imidazole rings is 1. The number of nitrogen functional groups attached to an aromatic ring is 1. The third-order valence-electron chi connectivity index (χ3n) is 5.19. The molecular formula is C19H25N6O7P. The molecule has 2 aromatic heterocycles. The van der Waals surface area contributed by atoms with E-state index < -0.39 is 45.0 Å². The molecule has 14 heteroatoms. The van der Waals surface area contributed by atoms with Crippen LogP contribution in [0.15, 0.2) is 43.0 Å². The van der Waals surface area contributed by atoms with Gasteiger partial charge in [0, 0.05) is 6.04 Å². The maximum absolute atomic E-state index is 12.2. The molecule has 1 fully saturated rings. The zero-order valence-corrected chi connectivity index (χ0v) is 18.3. The van der Waals surface area contributed by atoms with Gasteiger partial charge in [0.2, 0.25) is 0 Å². The van der Waals surface area contributed by atoms with Crippen molar-refractivity contribution < 1.29 is 33.5 Å². The second kappa shape index (κ2) is 9.79. The first-order valence-electron chi connectivity index (χ1n) is 10.1. The monoisotopic (exact) mass is 480 g/mol. The second-order valence-electron chi connectivity index (χ2n) is 7.64. The van der Waals surface area contributed by atoms with E-state index >= 15 is 0 Å². The van der Waals surface area contributed by atoms with Gasteiger partial charge in [-0.05, 0) is 12.0 Å². The zero-order chi connectivity index (χ0) is 23.6. The predicted octanol–water partition coefficient (Wildman–Crippen LogP) is -0.269. The highest BCUT2D eigenvalue weighted by Crippen LogP contribution is 2.44. The summed E-state index contributed by atoms with van der Waals surface area (Å²) in [6, 6.07) is 8.86. The molecule has 4 rings (SSSR count). The van der Waals surface area contributed by atoms with Crippen LogP contribution in [0.2, 0.25) is 0 Å². The number of phosphoric acid groups is 1. The van der Waals surface area contributed by atoms with Crippen LogP contribution in [0, 0.1) is 0 Å². The number of hydrogen-bond donors (Lipinski definition) is 5. The van der Waals surface area contributed by atoms with Gasteiger partial charge in [-0.2, -0.15) is 0 Å². The topological polar surface area (TPSA) is 201 Å². The standard InChI is InChI=1S/C19H25N6O7P/c20-12(6-11-4-2-1-3-5-11)7-30-33(28,29)31-8-13-15(26)16(27)19(32-13)25-10-24-14-17(21)22-9-23-18(14)25/h1-5,9-10,12-13,15-16,19,26-27H,6-8,20H2,(H,28,29)(H2,21,22,23). The summed E-state index contributed by atoms with van der Waals surface area (Å²) in [6.07, 6.45) is -1.97. The van der Waals surface area contributed by atoms with Crippen molar-refractivity contribution in [2.75, 3.05) is 18.9 Å². The first-order valence-corrected chi connectivity index (χ1v) is 11.6. The number of fused-ring (bicyclic) bond motifs is 1. The molecule has 6 atom stereocenters. The van der Waals surface area contributed by atoms with Gasteiger partial charge in [0.1, 0.15) is 30.2 Å². The van der Waals surface area contributed by atoms with Gasteiger partial charge in [0.05, 0.1) is 19.5 Å². The summed E-state index contributed by atoms with van der Waals surface area (Å²) < 4.78 is 29.2. The number of nitrogens with two attached hydrogens (primary N) is 2. The minimum atomic E-state index is -4.48. The Morgan fingerprint density at radius 3 is 2.67 bits per heavy atom. The van der Waals surface area contributed by atoms with Gasteiger partial charge in [0.25, 0.3) is 0 Å². The summed E-state index contributed by atoms with van der Waals surface area (Å²) in [5.41, 5.74) is 13.3. The summed E-state index contributed by atoms with van der Waals surface area (Å²) in [5, 5.41) is 20.8. The van der Waals surface area contributed by atoms with Crippen LogP contribution >= 0.6 is 7.82 Å². The van der Waals surface area contributed by atoms with Crippen molar-refractivity contribution in [3.63, 3.8) is 0 Å². The van der Waals surface area contributed by atoms with Gasteiger partial charge < -0.3 is 31.3 Å². The molecule has 0 saturated carbocycles. The summed E-state index contributed by atoms with van der Waals surface area (Å²) in [4.78, 5) is 22.0. The van der Waals surface area contributed by atoms with E-state index in [1.807, 2.05) is 30.3 Å². The Labute approximate surface area is 188 Å². The summed E-state index contributed by atoms with van der Waals surface area (Å²) >= 11 is 0. The number of rotatable bonds is 9. The molecule has 1 aromatic carbocycles. The highest BCUT2D eigenvalue weighted by Gasteiger charge is 2.45. The van der Waals surface area contributed by atoms with E-state index in [1.54, 1.807) is 0 Å². The van der Waals surface area contributed by atoms with Crippen LogP contribution in [0.5, 0.6) is 0 Å². The summed E-state index contributed by atoms with van der Waals surface area (Å²) in [6.45, 7) is -0.732. The van der Waals surface area contributed by atoms with Gasteiger partial charge in [-0.1, -0.05) is 30.3 Å². The highest BCUT2D eigenvalue weighted by molar-refractivity contribution is 7.47. The fourth-order valence-electron chi connectivity index (χ4n) is 3.52. The van der Waals surface area contributed by atoms with E-state index in [9.17, 15) is 19.7 Å². The molecular weight excluding hydrogens is 455 g/mol. The Balaban J connectivity index is 1.33. The van der Waals surface area contributed by atoms with Gasteiger partial charge in [-0.25, -0.2) is 19.5 Å². The lowest BCUT2D eigenvalue weighted by molar-refractivity contribution is -0.0515. The Kier molecular flexibility index (Phi) is 7.02. The van der Waals surface area contributed by atoms with E-state index in [0.717, 1.165) is 5.56 Å². The van der Waals surface area contributed by atoms with E-state index in [-0.39, 0.29) is 12.4 Å². The van der Waals surface area contributed by atoms with Gasteiger partial charge in [-0.15, -0.1) is 0 Å². The number of nitrogens with zero attached hydrogens (tertiary/aromatic N) is 4. The highest BCUT2D eigenvalue weighted by atomic mass is 31.2. The molecule has 3 heterocycles. The molecule has 13 nitrogen and oxygen atoms in total. The number of ether oxygens (including phenoxy) is 1.